The summed E-state index contributed by atoms with van der Waals surface area (Å²) >= 11 is 1.32. The maximum absolute atomic E-state index is 13.5. The maximum atomic E-state index is 13.5. The number of hydrogen-bond donors (Lipinski definition) is 0. The molecule has 1 aromatic carbocycles. The summed E-state index contributed by atoms with van der Waals surface area (Å²) in [4.78, 5) is 4.37. The highest BCUT2D eigenvalue weighted by Crippen LogP contribution is 2.37. The van der Waals surface area contributed by atoms with E-state index >= 15 is 0 Å². The van der Waals surface area contributed by atoms with Gasteiger partial charge in [-0.15, -0.1) is 5.10 Å². The number of tetrazole rings is 1. The molecule has 0 saturated heterocycles. The van der Waals surface area contributed by atoms with Crippen LogP contribution in [0.15, 0.2) is 29.4 Å². The van der Waals surface area contributed by atoms with Gasteiger partial charge in [-0.1, -0.05) is 23.9 Å². The molecule has 3 aromatic rings. The topological polar surface area (TPSA) is 61.4 Å². The van der Waals surface area contributed by atoms with Gasteiger partial charge in [-0.3, -0.25) is 4.57 Å². The van der Waals surface area contributed by atoms with Crippen LogP contribution in [0.25, 0.3) is 11.0 Å². The number of aromatic nitrogens is 6. The average molecular weight is 338 g/mol. The van der Waals surface area contributed by atoms with Gasteiger partial charge in [0.25, 0.3) is 0 Å². The van der Waals surface area contributed by atoms with Crippen molar-refractivity contribution < 1.29 is 8.78 Å². The minimum atomic E-state index is -2.65. The summed E-state index contributed by atoms with van der Waals surface area (Å²) in [6, 6.07) is 6.98. The van der Waals surface area contributed by atoms with Crippen LogP contribution in [0.2, 0.25) is 0 Å². The van der Waals surface area contributed by atoms with Crippen molar-refractivity contribution in [2.24, 2.45) is 0 Å². The molecular formula is C14H16F2N6S. The molecule has 2 aromatic heterocycles. The Bertz CT molecular complexity index is 813. The molecule has 0 amide bonds. The van der Waals surface area contributed by atoms with E-state index in [0.717, 1.165) is 4.57 Å². The molecule has 0 radical (unpaired) electrons. The summed E-state index contributed by atoms with van der Waals surface area (Å²) in [5.74, 6) is 0.310. The third kappa shape index (κ3) is 2.92. The Morgan fingerprint density at radius 3 is 2.57 bits per heavy atom. The van der Waals surface area contributed by atoms with Gasteiger partial charge in [0.15, 0.2) is 0 Å². The molecule has 122 valence electrons. The number of imidazole rings is 1. The zero-order chi connectivity index (χ0) is 16.6. The molecular weight excluding hydrogens is 322 g/mol. The fourth-order valence-electron chi connectivity index (χ4n) is 2.35. The van der Waals surface area contributed by atoms with Gasteiger partial charge < -0.3 is 0 Å². The van der Waals surface area contributed by atoms with Crippen LogP contribution in [0.1, 0.15) is 44.4 Å². The molecule has 0 fully saturated rings. The fourth-order valence-corrected chi connectivity index (χ4v) is 3.38. The van der Waals surface area contributed by atoms with E-state index in [-0.39, 0.29) is 11.3 Å². The van der Waals surface area contributed by atoms with E-state index in [0.29, 0.717) is 22.0 Å². The first-order valence-electron chi connectivity index (χ1n) is 7.18. The Kier molecular flexibility index (Phi) is 4.29. The second-order valence-electron chi connectivity index (χ2n) is 5.37. The van der Waals surface area contributed by atoms with E-state index in [1.165, 1.54) is 11.8 Å². The Hall–Kier alpha value is -2.03. The van der Waals surface area contributed by atoms with Gasteiger partial charge in [0, 0.05) is 0 Å². The number of benzene rings is 1. The van der Waals surface area contributed by atoms with Crippen molar-refractivity contribution in [2.75, 3.05) is 0 Å². The van der Waals surface area contributed by atoms with Gasteiger partial charge in [-0.2, -0.15) is 8.78 Å². The molecule has 0 spiro atoms. The van der Waals surface area contributed by atoms with Gasteiger partial charge in [0.1, 0.15) is 5.82 Å². The lowest BCUT2D eigenvalue weighted by molar-refractivity contribution is 0.0715. The molecule has 0 aliphatic rings. The molecule has 9 heteroatoms. The minimum absolute atomic E-state index is 0.0913. The Labute approximate surface area is 135 Å². The molecule has 3 rings (SSSR count). The zero-order valence-electron chi connectivity index (χ0n) is 12.9. The summed E-state index contributed by atoms with van der Waals surface area (Å²) in [5, 5.41) is 11.8. The third-order valence-electron chi connectivity index (χ3n) is 3.42. The minimum Gasteiger partial charge on any atom is -0.269 e. The van der Waals surface area contributed by atoms with E-state index in [2.05, 4.69) is 20.5 Å². The van der Waals surface area contributed by atoms with Crippen molar-refractivity contribution in [3.05, 3.63) is 30.1 Å². The molecule has 0 N–H and O–H groups in total. The second-order valence-corrected chi connectivity index (χ2v) is 6.67. The van der Waals surface area contributed by atoms with Crippen molar-refractivity contribution in [2.45, 2.75) is 43.8 Å². The number of halogens is 2. The lowest BCUT2D eigenvalue weighted by Crippen LogP contribution is -2.08. The third-order valence-corrected chi connectivity index (χ3v) is 4.46. The number of rotatable bonds is 5. The van der Waals surface area contributed by atoms with Crippen LogP contribution in [-0.2, 0) is 0 Å². The first-order chi connectivity index (χ1) is 11.0. The SMILES string of the molecule is CC(Sc1nnnn1C(C)C)c1nc2ccccc2n1C(F)F. The van der Waals surface area contributed by atoms with Crippen LogP contribution < -0.4 is 0 Å². The van der Waals surface area contributed by atoms with Crippen LogP contribution >= 0.6 is 11.8 Å². The molecule has 0 saturated carbocycles. The van der Waals surface area contributed by atoms with E-state index in [1.54, 1.807) is 28.9 Å². The summed E-state index contributed by atoms with van der Waals surface area (Å²) in [5.41, 5.74) is 0.979. The smallest absolute Gasteiger partial charge is 0.269 e. The molecule has 0 aliphatic heterocycles. The van der Waals surface area contributed by atoms with Crippen LogP contribution in [0.5, 0.6) is 0 Å². The second kappa shape index (κ2) is 6.23. The van der Waals surface area contributed by atoms with Crippen molar-refractivity contribution >= 4 is 22.8 Å². The highest BCUT2D eigenvalue weighted by atomic mass is 32.2. The summed E-state index contributed by atoms with van der Waals surface area (Å²) < 4.78 is 29.6. The fraction of sp³-hybridized carbons (Fsp3) is 0.429. The van der Waals surface area contributed by atoms with E-state index in [9.17, 15) is 8.78 Å². The Balaban J connectivity index is 1.99. The molecule has 0 bridgehead atoms. The molecule has 1 atom stereocenters. The normalized spacial score (nSPS) is 13.3. The number of para-hydroxylation sites is 2. The van der Waals surface area contributed by atoms with Gasteiger partial charge >= 0.3 is 6.55 Å². The standard InChI is InChI=1S/C14H16F2N6S/c1-8(2)22-14(18-19-20-22)23-9(3)12-17-10-6-4-5-7-11(10)21(12)13(15)16/h4-9,13H,1-3H3. The largest absolute Gasteiger partial charge is 0.320 e. The highest BCUT2D eigenvalue weighted by molar-refractivity contribution is 7.99. The number of alkyl halides is 2. The van der Waals surface area contributed by atoms with Gasteiger partial charge in [0.05, 0.1) is 22.3 Å². The van der Waals surface area contributed by atoms with Crippen molar-refractivity contribution in [1.82, 2.24) is 29.8 Å². The summed E-state index contributed by atoms with van der Waals surface area (Å²) in [6.45, 7) is 3.09. The monoisotopic (exact) mass is 338 g/mol. The van der Waals surface area contributed by atoms with Crippen LogP contribution in [0.4, 0.5) is 8.78 Å². The number of thioether (sulfide) groups is 1. The quantitative estimate of drug-likeness (QED) is 0.661. The first kappa shape index (κ1) is 15.9. The summed E-state index contributed by atoms with van der Waals surface area (Å²) in [6.07, 6.45) is 0. The molecule has 1 unspecified atom stereocenters. The average Bonchev–Trinajstić information content (AvgIpc) is 3.10. The van der Waals surface area contributed by atoms with Gasteiger partial charge in [-0.25, -0.2) is 9.67 Å². The van der Waals surface area contributed by atoms with E-state index < -0.39 is 6.55 Å². The molecule has 6 nitrogen and oxygen atoms in total. The van der Waals surface area contributed by atoms with E-state index in [4.69, 9.17) is 0 Å². The van der Waals surface area contributed by atoms with Gasteiger partial charge in [-0.05, 0) is 43.3 Å². The molecule has 23 heavy (non-hydrogen) atoms. The van der Waals surface area contributed by atoms with Crippen LogP contribution in [0, 0.1) is 0 Å². The molecule has 2 heterocycles. The summed E-state index contributed by atoms with van der Waals surface area (Å²) in [7, 11) is 0. The van der Waals surface area contributed by atoms with Crippen molar-refractivity contribution in [3.63, 3.8) is 0 Å². The Morgan fingerprint density at radius 2 is 1.87 bits per heavy atom. The predicted molar refractivity (Wildman–Crippen MR) is 83.5 cm³/mol. The van der Waals surface area contributed by atoms with Gasteiger partial charge in [0.2, 0.25) is 5.16 Å². The number of fused-ring (bicyclic) bond motifs is 1. The first-order valence-corrected chi connectivity index (χ1v) is 8.06. The van der Waals surface area contributed by atoms with E-state index in [1.807, 2.05) is 20.8 Å². The number of hydrogen-bond acceptors (Lipinski definition) is 5. The predicted octanol–water partition coefficient (Wildman–Crippen LogP) is 3.85. The highest BCUT2D eigenvalue weighted by Gasteiger charge is 2.24. The van der Waals surface area contributed by atoms with Crippen molar-refractivity contribution in [1.29, 1.82) is 0 Å². The maximum Gasteiger partial charge on any atom is 0.320 e. The molecule has 0 aliphatic carbocycles. The lowest BCUT2D eigenvalue weighted by atomic mass is 10.3. The van der Waals surface area contributed by atoms with Crippen LogP contribution in [-0.4, -0.2) is 29.8 Å². The van der Waals surface area contributed by atoms with Crippen molar-refractivity contribution in [3.8, 4) is 0 Å². The zero-order valence-corrected chi connectivity index (χ0v) is 13.7. The number of nitrogens with zero attached hydrogens (tertiary/aromatic N) is 6. The lowest BCUT2D eigenvalue weighted by Gasteiger charge is -2.14. The van der Waals surface area contributed by atoms with Crippen LogP contribution in [0.3, 0.4) is 0 Å². The Morgan fingerprint density at radius 1 is 1.13 bits per heavy atom.